The molecule has 2 rings (SSSR count). The lowest BCUT2D eigenvalue weighted by Gasteiger charge is -2.24. The highest BCUT2D eigenvalue weighted by Gasteiger charge is 2.35. The van der Waals surface area contributed by atoms with Crippen molar-refractivity contribution < 1.29 is 0 Å². The van der Waals surface area contributed by atoms with Gasteiger partial charge < -0.3 is 0 Å². The van der Waals surface area contributed by atoms with Gasteiger partial charge in [0.15, 0.2) is 0 Å². The monoisotopic (exact) mass is 200 g/mol. The molecule has 0 saturated carbocycles. The number of rotatable bonds is 2. The molecule has 0 fully saturated rings. The molecule has 0 amide bonds. The van der Waals surface area contributed by atoms with Crippen LogP contribution in [0.4, 0.5) is 0 Å². The lowest BCUT2D eigenvalue weighted by molar-refractivity contribution is 0.642. The number of hydrogen-bond acceptors (Lipinski definition) is 2. The average Bonchev–Trinajstić information content (AvgIpc) is 2.48. The average molecular weight is 200 g/mol. The van der Waals surface area contributed by atoms with Crippen molar-refractivity contribution in [2.75, 3.05) is 0 Å². The third kappa shape index (κ3) is 1.72. The van der Waals surface area contributed by atoms with E-state index < -0.39 is 0 Å². The first-order chi connectivity index (χ1) is 7.13. The Morgan fingerprint density at radius 3 is 2.07 bits per heavy atom. The van der Waals surface area contributed by atoms with E-state index in [1.54, 1.807) is 0 Å². The van der Waals surface area contributed by atoms with Gasteiger partial charge in [0.05, 0.1) is 5.41 Å². The van der Waals surface area contributed by atoms with Crippen LogP contribution in [0.1, 0.15) is 26.3 Å². The van der Waals surface area contributed by atoms with E-state index in [0.29, 0.717) is 0 Å². The minimum atomic E-state index is 0.0152. The highest BCUT2D eigenvalue weighted by molar-refractivity contribution is 6.12. The molecule has 0 bridgehead atoms. The smallest absolute Gasteiger partial charge is 0.0513 e. The molecular formula is C13H16N2. The summed E-state index contributed by atoms with van der Waals surface area (Å²) in [5.41, 5.74) is 3.58. The van der Waals surface area contributed by atoms with Gasteiger partial charge in [-0.1, -0.05) is 30.3 Å². The summed E-state index contributed by atoms with van der Waals surface area (Å²) in [6, 6.07) is 10.5. The Morgan fingerprint density at radius 2 is 1.53 bits per heavy atom. The van der Waals surface area contributed by atoms with Crippen molar-refractivity contribution in [2.24, 2.45) is 15.6 Å². The molecule has 2 heteroatoms. The maximum absolute atomic E-state index is 4.17. The van der Waals surface area contributed by atoms with Crippen molar-refractivity contribution in [1.82, 2.24) is 0 Å². The van der Waals surface area contributed by atoms with Crippen LogP contribution in [-0.4, -0.2) is 11.4 Å². The van der Waals surface area contributed by atoms with E-state index in [0.717, 1.165) is 17.8 Å². The van der Waals surface area contributed by atoms with Gasteiger partial charge in [0.25, 0.3) is 0 Å². The normalized spacial score (nSPS) is 18.6. The van der Waals surface area contributed by atoms with E-state index in [2.05, 4.69) is 55.2 Å². The van der Waals surface area contributed by atoms with Gasteiger partial charge in [0.2, 0.25) is 0 Å². The highest BCUT2D eigenvalue weighted by atomic mass is 15.2. The van der Waals surface area contributed by atoms with Crippen LogP contribution >= 0.6 is 0 Å². The van der Waals surface area contributed by atoms with Crippen LogP contribution in [0.15, 0.2) is 40.5 Å². The van der Waals surface area contributed by atoms with E-state index in [4.69, 9.17) is 0 Å². The molecule has 0 unspecified atom stereocenters. The van der Waals surface area contributed by atoms with Crippen molar-refractivity contribution in [1.29, 1.82) is 0 Å². The molecule has 0 spiro atoms. The second kappa shape index (κ2) is 3.61. The van der Waals surface area contributed by atoms with Gasteiger partial charge in [-0.25, -0.2) is 0 Å². The fourth-order valence-corrected chi connectivity index (χ4v) is 1.89. The van der Waals surface area contributed by atoms with Gasteiger partial charge in [0, 0.05) is 11.4 Å². The van der Waals surface area contributed by atoms with Gasteiger partial charge >= 0.3 is 0 Å². The SMILES string of the molecule is CC1=NN=C(C)C1(C)Cc1ccccc1. The molecule has 1 heterocycles. The zero-order valence-electron chi connectivity index (χ0n) is 9.49. The second-order valence-corrected chi connectivity index (χ2v) is 4.37. The van der Waals surface area contributed by atoms with Gasteiger partial charge in [0.1, 0.15) is 0 Å². The number of hydrogen-bond donors (Lipinski definition) is 0. The summed E-state index contributed by atoms with van der Waals surface area (Å²) in [6.07, 6.45) is 0.985. The minimum absolute atomic E-state index is 0.0152. The summed E-state index contributed by atoms with van der Waals surface area (Å²) in [7, 11) is 0. The van der Waals surface area contributed by atoms with Crippen molar-refractivity contribution in [3.05, 3.63) is 35.9 Å². The highest BCUT2D eigenvalue weighted by Crippen LogP contribution is 2.30. The Morgan fingerprint density at radius 1 is 1.00 bits per heavy atom. The molecule has 1 aliphatic heterocycles. The fourth-order valence-electron chi connectivity index (χ4n) is 1.89. The fraction of sp³-hybridized carbons (Fsp3) is 0.385. The molecule has 1 aliphatic rings. The molecule has 0 radical (unpaired) electrons. The Bertz CT molecular complexity index is 397. The molecule has 2 nitrogen and oxygen atoms in total. The summed E-state index contributed by atoms with van der Waals surface area (Å²) in [6.45, 7) is 6.33. The summed E-state index contributed by atoms with van der Waals surface area (Å²) in [5, 5.41) is 8.34. The van der Waals surface area contributed by atoms with Crippen molar-refractivity contribution in [3.8, 4) is 0 Å². The zero-order valence-corrected chi connectivity index (χ0v) is 9.49. The van der Waals surface area contributed by atoms with Crippen LogP contribution < -0.4 is 0 Å². The quantitative estimate of drug-likeness (QED) is 0.701. The first kappa shape index (κ1) is 10.1. The number of benzene rings is 1. The Hall–Kier alpha value is -1.44. The minimum Gasteiger partial charge on any atom is -0.159 e. The first-order valence-electron chi connectivity index (χ1n) is 5.27. The van der Waals surface area contributed by atoms with E-state index in [1.165, 1.54) is 5.56 Å². The molecule has 1 aromatic rings. The maximum atomic E-state index is 4.17. The number of nitrogens with zero attached hydrogens (tertiary/aromatic N) is 2. The maximum Gasteiger partial charge on any atom is 0.0513 e. The lowest BCUT2D eigenvalue weighted by atomic mass is 9.77. The summed E-state index contributed by atoms with van der Waals surface area (Å²) in [4.78, 5) is 0. The van der Waals surface area contributed by atoms with Crippen LogP contribution in [0.25, 0.3) is 0 Å². The van der Waals surface area contributed by atoms with Gasteiger partial charge in [-0.2, -0.15) is 10.2 Å². The van der Waals surface area contributed by atoms with Crippen molar-refractivity contribution >= 4 is 11.4 Å². The predicted molar refractivity (Wildman–Crippen MR) is 64.5 cm³/mol. The summed E-state index contributed by atoms with van der Waals surface area (Å²) < 4.78 is 0. The van der Waals surface area contributed by atoms with E-state index in [1.807, 2.05) is 6.07 Å². The largest absolute Gasteiger partial charge is 0.159 e. The van der Waals surface area contributed by atoms with E-state index >= 15 is 0 Å². The van der Waals surface area contributed by atoms with Crippen LogP contribution in [0.5, 0.6) is 0 Å². The van der Waals surface area contributed by atoms with Crippen LogP contribution in [0.3, 0.4) is 0 Å². The van der Waals surface area contributed by atoms with Gasteiger partial charge in [-0.05, 0) is 32.8 Å². The van der Waals surface area contributed by atoms with E-state index in [-0.39, 0.29) is 5.41 Å². The Labute approximate surface area is 90.7 Å². The van der Waals surface area contributed by atoms with Gasteiger partial charge in [-0.3, -0.25) is 0 Å². The molecule has 0 aromatic heterocycles. The van der Waals surface area contributed by atoms with Crippen LogP contribution in [0.2, 0.25) is 0 Å². The second-order valence-electron chi connectivity index (χ2n) is 4.37. The molecule has 15 heavy (non-hydrogen) atoms. The molecule has 0 saturated heterocycles. The zero-order chi connectivity index (χ0) is 10.9. The van der Waals surface area contributed by atoms with E-state index in [9.17, 15) is 0 Å². The van der Waals surface area contributed by atoms with Crippen LogP contribution in [-0.2, 0) is 6.42 Å². The molecule has 0 N–H and O–H groups in total. The van der Waals surface area contributed by atoms with Crippen LogP contribution in [0, 0.1) is 5.41 Å². The molecule has 1 aromatic carbocycles. The summed E-state index contributed by atoms with van der Waals surface area (Å²) in [5.74, 6) is 0. The molecular weight excluding hydrogens is 184 g/mol. The standard InChI is InChI=1S/C13H16N2/c1-10-13(3,11(2)15-14-10)9-12-7-5-4-6-8-12/h4-8H,9H2,1-3H3. The van der Waals surface area contributed by atoms with Crippen molar-refractivity contribution in [3.63, 3.8) is 0 Å². The third-order valence-electron chi connectivity index (χ3n) is 3.35. The van der Waals surface area contributed by atoms with Crippen molar-refractivity contribution in [2.45, 2.75) is 27.2 Å². The topological polar surface area (TPSA) is 24.7 Å². The Balaban J connectivity index is 2.26. The predicted octanol–water partition coefficient (Wildman–Crippen LogP) is 3.09. The molecule has 0 atom stereocenters. The first-order valence-corrected chi connectivity index (χ1v) is 5.27. The van der Waals surface area contributed by atoms with Gasteiger partial charge in [-0.15, -0.1) is 0 Å². The third-order valence-corrected chi connectivity index (χ3v) is 3.35. The molecule has 78 valence electrons. The summed E-state index contributed by atoms with van der Waals surface area (Å²) >= 11 is 0. The Kier molecular flexibility index (Phi) is 2.43. The molecule has 0 aliphatic carbocycles. The lowest BCUT2D eigenvalue weighted by Crippen LogP contribution is -2.32.